The predicted molar refractivity (Wildman–Crippen MR) is 124 cm³/mol. The minimum atomic E-state index is -0.716. The van der Waals surface area contributed by atoms with Gasteiger partial charge in [0.05, 0.1) is 14.2 Å². The van der Waals surface area contributed by atoms with Crippen molar-refractivity contribution in [2.45, 2.75) is 19.0 Å². The first-order chi connectivity index (χ1) is 15.5. The summed E-state index contributed by atoms with van der Waals surface area (Å²) in [5.74, 6) is 0.710. The largest absolute Gasteiger partial charge is 0.493 e. The van der Waals surface area contributed by atoms with Crippen LogP contribution in [0.25, 0.3) is 0 Å². The van der Waals surface area contributed by atoms with Crippen LogP contribution in [0, 0.1) is 0 Å². The van der Waals surface area contributed by atoms with Gasteiger partial charge in [-0.25, -0.2) is 0 Å². The van der Waals surface area contributed by atoms with Gasteiger partial charge in [0.1, 0.15) is 6.04 Å². The lowest BCUT2D eigenvalue weighted by Gasteiger charge is -2.26. The van der Waals surface area contributed by atoms with Crippen LogP contribution in [-0.2, 0) is 17.8 Å². The van der Waals surface area contributed by atoms with Gasteiger partial charge in [0.2, 0.25) is 5.91 Å². The second-order valence-corrected chi connectivity index (χ2v) is 7.43. The lowest BCUT2D eigenvalue weighted by molar-refractivity contribution is -0.132. The van der Waals surface area contributed by atoms with Gasteiger partial charge in [-0.2, -0.15) is 0 Å². The Kier molecular flexibility index (Phi) is 7.86. The molecule has 0 aromatic heterocycles. The summed E-state index contributed by atoms with van der Waals surface area (Å²) < 4.78 is 10.9. The Labute approximate surface area is 188 Å². The van der Waals surface area contributed by atoms with Gasteiger partial charge in [0.15, 0.2) is 11.5 Å². The summed E-state index contributed by atoms with van der Waals surface area (Å²) in [5.41, 5.74) is 2.29. The van der Waals surface area contributed by atoms with Gasteiger partial charge in [-0.05, 0) is 23.8 Å². The SMILES string of the molecule is COc1cccc(CN(C)C(=O)[C@@H](Cc2ccccc2)NC(=O)c2ccccc2)c1OC. The Bertz CT molecular complexity index is 1040. The summed E-state index contributed by atoms with van der Waals surface area (Å²) in [6.07, 6.45) is 0.387. The van der Waals surface area contributed by atoms with Gasteiger partial charge in [0.25, 0.3) is 5.91 Å². The Hall–Kier alpha value is -3.80. The number of benzene rings is 3. The summed E-state index contributed by atoms with van der Waals surface area (Å²) in [5, 5.41) is 2.91. The first-order valence-corrected chi connectivity index (χ1v) is 10.4. The maximum absolute atomic E-state index is 13.4. The second kappa shape index (κ2) is 11.0. The van der Waals surface area contributed by atoms with Gasteiger partial charge in [-0.1, -0.05) is 60.7 Å². The van der Waals surface area contributed by atoms with Crippen molar-refractivity contribution >= 4 is 11.8 Å². The Balaban J connectivity index is 1.81. The molecule has 0 unspecified atom stereocenters. The van der Waals surface area contributed by atoms with E-state index >= 15 is 0 Å². The average Bonchev–Trinajstić information content (AvgIpc) is 2.84. The highest BCUT2D eigenvalue weighted by Gasteiger charge is 2.26. The summed E-state index contributed by atoms with van der Waals surface area (Å²) >= 11 is 0. The van der Waals surface area contributed by atoms with E-state index in [2.05, 4.69) is 5.32 Å². The van der Waals surface area contributed by atoms with Crippen molar-refractivity contribution in [3.05, 3.63) is 95.6 Å². The number of ether oxygens (including phenoxy) is 2. The fourth-order valence-corrected chi connectivity index (χ4v) is 3.56. The standard InChI is InChI=1S/C26H28N2O4/c1-28(18-21-15-10-16-23(31-2)24(21)32-3)26(30)22(17-19-11-6-4-7-12-19)27-25(29)20-13-8-5-9-14-20/h4-16,22H,17-18H2,1-3H3,(H,27,29)/t22-/m1/s1. The van der Waals surface area contributed by atoms with Crippen LogP contribution in [0.3, 0.4) is 0 Å². The summed E-state index contributed by atoms with van der Waals surface area (Å²) in [7, 11) is 4.86. The van der Waals surface area contributed by atoms with Crippen molar-refractivity contribution < 1.29 is 19.1 Å². The fourth-order valence-electron chi connectivity index (χ4n) is 3.56. The van der Waals surface area contributed by atoms with Crippen LogP contribution in [0.5, 0.6) is 11.5 Å². The Morgan fingerprint density at radius 2 is 1.53 bits per heavy atom. The number of para-hydroxylation sites is 1. The molecule has 0 fully saturated rings. The molecule has 0 heterocycles. The lowest BCUT2D eigenvalue weighted by Crippen LogP contribution is -2.48. The molecule has 0 aliphatic rings. The molecule has 0 spiro atoms. The number of carbonyl (C=O) groups is 2. The molecular formula is C26H28N2O4. The van der Waals surface area contributed by atoms with Crippen LogP contribution >= 0.6 is 0 Å². The van der Waals surface area contributed by atoms with E-state index in [0.29, 0.717) is 30.0 Å². The first kappa shape index (κ1) is 22.9. The topological polar surface area (TPSA) is 67.9 Å². The fraction of sp³-hybridized carbons (Fsp3) is 0.231. The van der Waals surface area contributed by atoms with Gasteiger partial charge in [-0.15, -0.1) is 0 Å². The molecule has 1 atom stereocenters. The number of nitrogens with zero attached hydrogens (tertiary/aromatic N) is 1. The molecule has 6 nitrogen and oxygen atoms in total. The van der Waals surface area contributed by atoms with E-state index in [1.165, 1.54) is 0 Å². The van der Waals surface area contributed by atoms with E-state index in [-0.39, 0.29) is 11.8 Å². The molecule has 0 saturated carbocycles. The third-order valence-corrected chi connectivity index (χ3v) is 5.19. The molecule has 0 radical (unpaired) electrons. The molecule has 6 heteroatoms. The zero-order valence-electron chi connectivity index (χ0n) is 18.6. The second-order valence-electron chi connectivity index (χ2n) is 7.43. The maximum Gasteiger partial charge on any atom is 0.251 e. The van der Waals surface area contributed by atoms with Crippen LogP contribution < -0.4 is 14.8 Å². The number of amides is 2. The monoisotopic (exact) mass is 432 g/mol. The van der Waals surface area contributed by atoms with Crippen molar-refractivity contribution in [2.75, 3.05) is 21.3 Å². The summed E-state index contributed by atoms with van der Waals surface area (Å²) in [4.78, 5) is 27.8. The number of methoxy groups -OCH3 is 2. The smallest absolute Gasteiger partial charge is 0.251 e. The molecule has 32 heavy (non-hydrogen) atoms. The lowest BCUT2D eigenvalue weighted by atomic mass is 10.0. The molecule has 0 bridgehead atoms. The number of rotatable bonds is 9. The molecule has 3 rings (SSSR count). The first-order valence-electron chi connectivity index (χ1n) is 10.4. The van der Waals surface area contributed by atoms with E-state index < -0.39 is 6.04 Å². The van der Waals surface area contributed by atoms with Crippen LogP contribution in [0.15, 0.2) is 78.9 Å². The molecular weight excluding hydrogens is 404 g/mol. The molecule has 2 amide bonds. The molecule has 0 saturated heterocycles. The molecule has 1 N–H and O–H groups in total. The van der Waals surface area contributed by atoms with E-state index in [4.69, 9.17) is 9.47 Å². The summed E-state index contributed by atoms with van der Waals surface area (Å²) in [6.45, 7) is 0.311. The van der Waals surface area contributed by atoms with Gasteiger partial charge in [-0.3, -0.25) is 9.59 Å². The van der Waals surface area contributed by atoms with Gasteiger partial charge < -0.3 is 19.7 Å². The van der Waals surface area contributed by atoms with E-state index in [0.717, 1.165) is 11.1 Å². The molecule has 0 aliphatic heterocycles. The van der Waals surface area contributed by atoms with Crippen LogP contribution in [0.4, 0.5) is 0 Å². The minimum Gasteiger partial charge on any atom is -0.493 e. The molecule has 3 aromatic carbocycles. The van der Waals surface area contributed by atoms with Crippen LogP contribution in [0.2, 0.25) is 0 Å². The van der Waals surface area contributed by atoms with Crippen molar-refractivity contribution in [1.82, 2.24) is 10.2 Å². The third kappa shape index (κ3) is 5.66. The molecule has 3 aromatic rings. The van der Waals surface area contributed by atoms with Crippen LogP contribution in [-0.4, -0.2) is 44.0 Å². The van der Waals surface area contributed by atoms with Crippen molar-refractivity contribution in [1.29, 1.82) is 0 Å². The number of carbonyl (C=O) groups excluding carboxylic acids is 2. The highest BCUT2D eigenvalue weighted by molar-refractivity contribution is 5.97. The van der Waals surface area contributed by atoms with E-state index in [1.807, 2.05) is 54.6 Å². The summed E-state index contributed by atoms with van der Waals surface area (Å²) in [6, 6.07) is 23.4. The zero-order valence-corrected chi connectivity index (χ0v) is 18.6. The zero-order chi connectivity index (χ0) is 22.9. The third-order valence-electron chi connectivity index (χ3n) is 5.19. The normalized spacial score (nSPS) is 11.3. The van der Waals surface area contributed by atoms with Crippen molar-refractivity contribution in [2.24, 2.45) is 0 Å². The van der Waals surface area contributed by atoms with Crippen LogP contribution in [0.1, 0.15) is 21.5 Å². The number of likely N-dealkylation sites (N-methyl/N-ethyl adjacent to an activating group) is 1. The Morgan fingerprint density at radius 3 is 2.16 bits per heavy atom. The number of nitrogens with one attached hydrogen (secondary N) is 1. The van der Waals surface area contributed by atoms with Crippen molar-refractivity contribution in [3.8, 4) is 11.5 Å². The quantitative estimate of drug-likeness (QED) is 0.560. The van der Waals surface area contributed by atoms with Gasteiger partial charge >= 0.3 is 0 Å². The van der Waals surface area contributed by atoms with E-state index in [9.17, 15) is 9.59 Å². The number of hydrogen-bond donors (Lipinski definition) is 1. The van der Waals surface area contributed by atoms with Crippen molar-refractivity contribution in [3.63, 3.8) is 0 Å². The number of hydrogen-bond acceptors (Lipinski definition) is 4. The Morgan fingerprint density at radius 1 is 0.875 bits per heavy atom. The highest BCUT2D eigenvalue weighted by Crippen LogP contribution is 2.31. The maximum atomic E-state index is 13.4. The predicted octanol–water partition coefficient (Wildman–Crippen LogP) is 3.70. The molecule has 0 aliphatic carbocycles. The van der Waals surface area contributed by atoms with E-state index in [1.54, 1.807) is 50.4 Å². The van der Waals surface area contributed by atoms with Gasteiger partial charge in [0, 0.05) is 31.1 Å². The minimum absolute atomic E-state index is 0.192. The highest BCUT2D eigenvalue weighted by atomic mass is 16.5. The molecule has 166 valence electrons. The average molecular weight is 433 g/mol.